The van der Waals surface area contributed by atoms with Crippen molar-refractivity contribution in [2.45, 2.75) is 30.2 Å². The Balaban J connectivity index is 2.16. The van der Waals surface area contributed by atoms with Gasteiger partial charge in [0.1, 0.15) is 0 Å². The van der Waals surface area contributed by atoms with Gasteiger partial charge in [0.15, 0.2) is 0 Å². The molecule has 0 aliphatic heterocycles. The summed E-state index contributed by atoms with van der Waals surface area (Å²) in [7, 11) is -3.76. The number of rotatable bonds is 6. The van der Waals surface area contributed by atoms with Crippen molar-refractivity contribution >= 4 is 16.0 Å². The molecule has 0 amide bonds. The SMILES string of the molecule is N#Cc1ccc(S(=O)(=O)NC(CC(=O)O)C2CC2)cc1. The summed E-state index contributed by atoms with van der Waals surface area (Å²) in [5.74, 6) is -0.927. The first-order valence-electron chi connectivity index (χ1n) is 6.16. The van der Waals surface area contributed by atoms with Gasteiger partial charge in [0.05, 0.1) is 22.9 Å². The Labute approximate surface area is 117 Å². The second kappa shape index (κ2) is 5.61. The molecule has 1 aliphatic rings. The number of aliphatic carboxylic acids is 1. The van der Waals surface area contributed by atoms with Gasteiger partial charge < -0.3 is 5.11 Å². The highest BCUT2D eigenvalue weighted by atomic mass is 32.2. The van der Waals surface area contributed by atoms with E-state index in [4.69, 9.17) is 10.4 Å². The number of carbonyl (C=O) groups is 1. The van der Waals surface area contributed by atoms with E-state index in [1.807, 2.05) is 6.07 Å². The van der Waals surface area contributed by atoms with Crippen LogP contribution in [0.25, 0.3) is 0 Å². The lowest BCUT2D eigenvalue weighted by atomic mass is 10.1. The number of carboxylic acids is 1. The number of carboxylic acid groups (broad SMARTS) is 1. The van der Waals surface area contributed by atoms with Crippen LogP contribution in [-0.2, 0) is 14.8 Å². The van der Waals surface area contributed by atoms with Crippen molar-refractivity contribution in [3.63, 3.8) is 0 Å². The fourth-order valence-electron chi connectivity index (χ4n) is 1.97. The molecule has 1 aromatic carbocycles. The van der Waals surface area contributed by atoms with Crippen molar-refractivity contribution in [3.8, 4) is 6.07 Å². The van der Waals surface area contributed by atoms with Crippen molar-refractivity contribution in [1.82, 2.24) is 4.72 Å². The molecule has 0 heterocycles. The Bertz CT molecular complexity index is 642. The van der Waals surface area contributed by atoms with Gasteiger partial charge in [-0.25, -0.2) is 13.1 Å². The standard InChI is InChI=1S/C13H14N2O4S/c14-8-9-1-5-11(6-2-9)20(18,19)15-12(7-13(16)17)10-3-4-10/h1-2,5-6,10,12,15H,3-4,7H2,(H,16,17). The van der Waals surface area contributed by atoms with Crippen LogP contribution in [-0.4, -0.2) is 25.5 Å². The van der Waals surface area contributed by atoms with Crippen molar-refractivity contribution in [1.29, 1.82) is 5.26 Å². The highest BCUT2D eigenvalue weighted by Gasteiger charge is 2.35. The van der Waals surface area contributed by atoms with Crippen molar-refractivity contribution in [2.24, 2.45) is 5.92 Å². The van der Waals surface area contributed by atoms with E-state index in [-0.39, 0.29) is 17.2 Å². The molecule has 7 heteroatoms. The topological polar surface area (TPSA) is 107 Å². The molecule has 0 bridgehead atoms. The molecule has 1 saturated carbocycles. The molecule has 6 nitrogen and oxygen atoms in total. The summed E-state index contributed by atoms with van der Waals surface area (Å²) in [4.78, 5) is 10.8. The first-order valence-corrected chi connectivity index (χ1v) is 7.65. The Kier molecular flexibility index (Phi) is 4.06. The van der Waals surface area contributed by atoms with E-state index in [9.17, 15) is 13.2 Å². The van der Waals surface area contributed by atoms with Gasteiger partial charge in [0.2, 0.25) is 10.0 Å². The molecule has 1 atom stereocenters. The third-order valence-electron chi connectivity index (χ3n) is 3.19. The molecule has 1 aromatic rings. The lowest BCUT2D eigenvalue weighted by Gasteiger charge is -2.16. The van der Waals surface area contributed by atoms with Crippen LogP contribution in [0.4, 0.5) is 0 Å². The van der Waals surface area contributed by atoms with Gasteiger partial charge in [-0.15, -0.1) is 0 Å². The first kappa shape index (κ1) is 14.5. The van der Waals surface area contributed by atoms with E-state index in [1.54, 1.807) is 0 Å². The predicted octanol–water partition coefficient (Wildman–Crippen LogP) is 1.09. The number of hydrogen-bond donors (Lipinski definition) is 2. The summed E-state index contributed by atoms with van der Waals surface area (Å²) in [5.41, 5.74) is 0.369. The van der Waals surface area contributed by atoms with Crippen molar-refractivity contribution in [2.75, 3.05) is 0 Å². The average Bonchev–Trinajstić information content (AvgIpc) is 3.21. The Hall–Kier alpha value is -1.91. The second-order valence-corrected chi connectivity index (χ2v) is 6.51. The fourth-order valence-corrected chi connectivity index (χ4v) is 3.27. The quantitative estimate of drug-likeness (QED) is 0.816. The molecular formula is C13H14N2O4S. The van der Waals surface area contributed by atoms with Crippen molar-refractivity contribution < 1.29 is 18.3 Å². The van der Waals surface area contributed by atoms with E-state index in [2.05, 4.69) is 4.72 Å². The molecule has 20 heavy (non-hydrogen) atoms. The van der Waals surface area contributed by atoms with Crippen LogP contribution in [0.15, 0.2) is 29.2 Å². The molecule has 0 aromatic heterocycles. The zero-order chi connectivity index (χ0) is 14.8. The zero-order valence-corrected chi connectivity index (χ0v) is 11.4. The Morgan fingerprint density at radius 1 is 1.40 bits per heavy atom. The zero-order valence-electron chi connectivity index (χ0n) is 10.6. The molecule has 2 N–H and O–H groups in total. The second-order valence-electron chi connectivity index (χ2n) is 4.80. The maximum atomic E-state index is 12.2. The van der Waals surface area contributed by atoms with Crippen LogP contribution < -0.4 is 4.72 Å². The molecule has 0 spiro atoms. The minimum Gasteiger partial charge on any atom is -0.481 e. The van der Waals surface area contributed by atoms with Gasteiger partial charge in [-0.2, -0.15) is 5.26 Å². The minimum atomic E-state index is -3.76. The van der Waals surface area contributed by atoms with E-state index in [0.29, 0.717) is 5.56 Å². The number of hydrogen-bond acceptors (Lipinski definition) is 4. The summed E-state index contributed by atoms with van der Waals surface area (Å²) in [6.45, 7) is 0. The highest BCUT2D eigenvalue weighted by Crippen LogP contribution is 2.34. The molecule has 0 radical (unpaired) electrons. The van der Waals surface area contributed by atoms with Gasteiger partial charge in [-0.1, -0.05) is 0 Å². The Morgan fingerprint density at radius 2 is 2.00 bits per heavy atom. The summed E-state index contributed by atoms with van der Waals surface area (Å²) in [6, 6.07) is 6.84. The summed E-state index contributed by atoms with van der Waals surface area (Å²) >= 11 is 0. The highest BCUT2D eigenvalue weighted by molar-refractivity contribution is 7.89. The maximum absolute atomic E-state index is 12.2. The lowest BCUT2D eigenvalue weighted by molar-refractivity contribution is -0.137. The van der Waals surface area contributed by atoms with Crippen LogP contribution in [0.2, 0.25) is 0 Å². The summed E-state index contributed by atoms with van der Waals surface area (Å²) in [6.07, 6.45) is 1.46. The van der Waals surface area contributed by atoms with Gasteiger partial charge in [-0.3, -0.25) is 4.79 Å². The molecular weight excluding hydrogens is 280 g/mol. The predicted molar refractivity (Wildman–Crippen MR) is 70.2 cm³/mol. The van der Waals surface area contributed by atoms with Crippen LogP contribution >= 0.6 is 0 Å². The van der Waals surface area contributed by atoms with Gasteiger partial charge in [0, 0.05) is 6.04 Å². The van der Waals surface area contributed by atoms with Gasteiger partial charge >= 0.3 is 5.97 Å². The lowest BCUT2D eigenvalue weighted by Crippen LogP contribution is -2.38. The Morgan fingerprint density at radius 3 is 2.45 bits per heavy atom. The smallest absolute Gasteiger partial charge is 0.304 e. The molecule has 2 rings (SSSR count). The number of nitrogens with zero attached hydrogens (tertiary/aromatic N) is 1. The third-order valence-corrected chi connectivity index (χ3v) is 4.69. The van der Waals surface area contributed by atoms with E-state index in [0.717, 1.165) is 12.8 Å². The van der Waals surface area contributed by atoms with E-state index in [1.165, 1.54) is 24.3 Å². The monoisotopic (exact) mass is 294 g/mol. The first-order chi connectivity index (χ1) is 9.42. The summed E-state index contributed by atoms with van der Waals surface area (Å²) < 4.78 is 26.8. The maximum Gasteiger partial charge on any atom is 0.304 e. The van der Waals surface area contributed by atoms with Crippen LogP contribution in [0.5, 0.6) is 0 Å². The number of sulfonamides is 1. The normalized spacial score (nSPS) is 16.4. The molecule has 1 aliphatic carbocycles. The van der Waals surface area contributed by atoms with E-state index >= 15 is 0 Å². The van der Waals surface area contributed by atoms with Crippen LogP contribution in [0.3, 0.4) is 0 Å². The summed E-state index contributed by atoms with van der Waals surface area (Å²) in [5, 5.41) is 17.5. The number of nitrogens with one attached hydrogen (secondary N) is 1. The van der Waals surface area contributed by atoms with Crippen LogP contribution in [0, 0.1) is 17.2 Å². The third kappa shape index (κ3) is 3.56. The fraction of sp³-hybridized carbons (Fsp3) is 0.385. The van der Waals surface area contributed by atoms with Gasteiger partial charge in [0.25, 0.3) is 0 Å². The average molecular weight is 294 g/mol. The molecule has 1 fully saturated rings. The largest absolute Gasteiger partial charge is 0.481 e. The minimum absolute atomic E-state index is 0.0348. The van der Waals surface area contributed by atoms with E-state index < -0.39 is 22.0 Å². The van der Waals surface area contributed by atoms with Gasteiger partial charge in [-0.05, 0) is 43.0 Å². The number of benzene rings is 1. The molecule has 106 valence electrons. The molecule has 1 unspecified atom stereocenters. The van der Waals surface area contributed by atoms with Crippen molar-refractivity contribution in [3.05, 3.63) is 29.8 Å². The molecule has 0 saturated heterocycles. The van der Waals surface area contributed by atoms with Crippen LogP contribution in [0.1, 0.15) is 24.8 Å². The number of nitriles is 1.